The maximum Gasteiger partial charge on any atom is 0.251 e. The number of ether oxygens (including phenoxy) is 1. The SMILES string of the molecule is C[C@H](NC(=O)c1ccc(N2CCOCC2)cc1)c1ccc(N2CCCCC2)cc1. The van der Waals surface area contributed by atoms with Crippen LogP contribution in [0.5, 0.6) is 0 Å². The molecule has 0 aliphatic carbocycles. The molecule has 5 heteroatoms. The van der Waals surface area contributed by atoms with Crippen LogP contribution < -0.4 is 15.1 Å². The van der Waals surface area contributed by atoms with Crippen LogP contribution in [0.15, 0.2) is 48.5 Å². The molecule has 2 heterocycles. The summed E-state index contributed by atoms with van der Waals surface area (Å²) in [4.78, 5) is 17.4. The van der Waals surface area contributed by atoms with Crippen molar-refractivity contribution in [3.63, 3.8) is 0 Å². The van der Waals surface area contributed by atoms with E-state index in [1.807, 2.05) is 31.2 Å². The van der Waals surface area contributed by atoms with Gasteiger partial charge in [0.1, 0.15) is 0 Å². The van der Waals surface area contributed by atoms with E-state index in [-0.39, 0.29) is 11.9 Å². The van der Waals surface area contributed by atoms with Crippen LogP contribution in [-0.2, 0) is 4.74 Å². The third-order valence-electron chi connectivity index (χ3n) is 5.97. The molecular weight excluding hydrogens is 362 g/mol. The minimum absolute atomic E-state index is 0.0307. The van der Waals surface area contributed by atoms with Crippen LogP contribution in [0.2, 0.25) is 0 Å². The molecule has 0 bridgehead atoms. The molecule has 4 rings (SSSR count). The Bertz CT molecular complexity index is 792. The standard InChI is InChI=1S/C24H31N3O2/c1-19(20-5-9-22(10-6-20)26-13-3-2-4-14-26)25-24(28)21-7-11-23(12-8-21)27-15-17-29-18-16-27/h5-12,19H,2-4,13-18H2,1H3,(H,25,28)/t19-/m0/s1. The number of nitrogens with one attached hydrogen (secondary N) is 1. The van der Waals surface area contributed by atoms with Crippen molar-refractivity contribution < 1.29 is 9.53 Å². The number of nitrogens with zero attached hydrogens (tertiary/aromatic N) is 2. The maximum absolute atomic E-state index is 12.7. The average molecular weight is 394 g/mol. The van der Waals surface area contributed by atoms with Gasteiger partial charge < -0.3 is 19.9 Å². The van der Waals surface area contributed by atoms with Crippen molar-refractivity contribution in [2.75, 3.05) is 49.2 Å². The Morgan fingerprint density at radius 3 is 2.00 bits per heavy atom. The van der Waals surface area contributed by atoms with Gasteiger partial charge in [-0.3, -0.25) is 4.79 Å². The molecule has 2 aliphatic heterocycles. The highest BCUT2D eigenvalue weighted by Gasteiger charge is 2.15. The van der Waals surface area contributed by atoms with Crippen LogP contribution in [-0.4, -0.2) is 45.3 Å². The minimum Gasteiger partial charge on any atom is -0.378 e. The van der Waals surface area contributed by atoms with Crippen LogP contribution in [0.25, 0.3) is 0 Å². The number of carbonyl (C=O) groups excluding carboxylic acids is 1. The van der Waals surface area contributed by atoms with Crippen molar-refractivity contribution in [3.8, 4) is 0 Å². The highest BCUT2D eigenvalue weighted by molar-refractivity contribution is 5.94. The predicted octanol–water partition coefficient (Wildman–Crippen LogP) is 4.00. The van der Waals surface area contributed by atoms with Crippen LogP contribution in [0.1, 0.15) is 48.1 Å². The lowest BCUT2D eigenvalue weighted by Crippen LogP contribution is -2.36. The number of piperidine rings is 1. The number of rotatable bonds is 5. The predicted molar refractivity (Wildman–Crippen MR) is 118 cm³/mol. The summed E-state index contributed by atoms with van der Waals surface area (Å²) in [7, 11) is 0. The Morgan fingerprint density at radius 1 is 0.828 bits per heavy atom. The van der Waals surface area contributed by atoms with Crippen LogP contribution in [0.3, 0.4) is 0 Å². The second-order valence-electron chi connectivity index (χ2n) is 7.98. The van der Waals surface area contributed by atoms with Gasteiger partial charge in [0.25, 0.3) is 5.91 Å². The van der Waals surface area contributed by atoms with Gasteiger partial charge in [0.2, 0.25) is 0 Å². The average Bonchev–Trinajstić information content (AvgIpc) is 2.80. The Morgan fingerprint density at radius 2 is 1.38 bits per heavy atom. The van der Waals surface area contributed by atoms with Crippen molar-refractivity contribution >= 4 is 17.3 Å². The monoisotopic (exact) mass is 393 g/mol. The summed E-state index contributed by atoms with van der Waals surface area (Å²) in [5.41, 5.74) is 4.25. The Hall–Kier alpha value is -2.53. The molecule has 29 heavy (non-hydrogen) atoms. The fourth-order valence-corrected chi connectivity index (χ4v) is 4.13. The van der Waals surface area contributed by atoms with E-state index in [2.05, 4.69) is 39.4 Å². The molecule has 0 saturated carbocycles. The number of morpholine rings is 1. The molecule has 5 nitrogen and oxygen atoms in total. The van der Waals surface area contributed by atoms with E-state index in [9.17, 15) is 4.79 Å². The molecule has 2 aromatic rings. The summed E-state index contributed by atoms with van der Waals surface area (Å²) >= 11 is 0. The zero-order valence-electron chi connectivity index (χ0n) is 17.3. The van der Waals surface area contributed by atoms with Gasteiger partial charge in [-0.25, -0.2) is 0 Å². The zero-order chi connectivity index (χ0) is 20.1. The molecule has 1 amide bonds. The van der Waals surface area contributed by atoms with Gasteiger partial charge >= 0.3 is 0 Å². The molecule has 1 atom stereocenters. The molecular formula is C24H31N3O2. The number of anilines is 2. The summed E-state index contributed by atoms with van der Waals surface area (Å²) < 4.78 is 5.40. The van der Waals surface area contributed by atoms with E-state index in [0.29, 0.717) is 5.56 Å². The van der Waals surface area contributed by atoms with Crippen LogP contribution in [0.4, 0.5) is 11.4 Å². The molecule has 2 aliphatic rings. The van der Waals surface area contributed by atoms with Crippen molar-refractivity contribution in [2.24, 2.45) is 0 Å². The third kappa shape index (κ3) is 4.91. The first kappa shape index (κ1) is 19.8. The van der Waals surface area contributed by atoms with Gasteiger partial charge in [-0.2, -0.15) is 0 Å². The van der Waals surface area contributed by atoms with E-state index in [0.717, 1.165) is 50.6 Å². The molecule has 0 radical (unpaired) electrons. The Labute approximate surface area is 173 Å². The van der Waals surface area contributed by atoms with Crippen LogP contribution >= 0.6 is 0 Å². The second-order valence-corrected chi connectivity index (χ2v) is 7.98. The highest BCUT2D eigenvalue weighted by atomic mass is 16.5. The van der Waals surface area contributed by atoms with Gasteiger partial charge in [-0.1, -0.05) is 12.1 Å². The summed E-state index contributed by atoms with van der Waals surface area (Å²) in [6, 6.07) is 16.5. The van der Waals surface area contributed by atoms with Crippen molar-refractivity contribution in [1.82, 2.24) is 5.32 Å². The zero-order valence-corrected chi connectivity index (χ0v) is 17.3. The number of amides is 1. The summed E-state index contributed by atoms with van der Waals surface area (Å²) in [6.45, 7) is 7.65. The number of hydrogen-bond acceptors (Lipinski definition) is 4. The van der Waals surface area contributed by atoms with Gasteiger partial charge in [-0.15, -0.1) is 0 Å². The lowest BCUT2D eigenvalue weighted by atomic mass is 10.1. The second kappa shape index (κ2) is 9.31. The van der Waals surface area contributed by atoms with Gasteiger partial charge in [-0.05, 0) is 68.1 Å². The first-order chi connectivity index (χ1) is 14.2. The molecule has 2 saturated heterocycles. The van der Waals surface area contributed by atoms with E-state index in [1.165, 1.54) is 24.9 Å². The number of benzene rings is 2. The van der Waals surface area contributed by atoms with E-state index < -0.39 is 0 Å². The van der Waals surface area contributed by atoms with Crippen molar-refractivity contribution in [2.45, 2.75) is 32.2 Å². The van der Waals surface area contributed by atoms with Gasteiger partial charge in [0, 0.05) is 43.1 Å². The summed E-state index contributed by atoms with van der Waals surface area (Å²) in [5, 5.41) is 3.12. The first-order valence-electron chi connectivity index (χ1n) is 10.8. The molecule has 154 valence electrons. The number of carbonyl (C=O) groups is 1. The fraction of sp³-hybridized carbons (Fsp3) is 0.458. The quantitative estimate of drug-likeness (QED) is 0.834. The molecule has 0 spiro atoms. The minimum atomic E-state index is -0.0360. The smallest absolute Gasteiger partial charge is 0.251 e. The fourth-order valence-electron chi connectivity index (χ4n) is 4.13. The molecule has 2 fully saturated rings. The van der Waals surface area contributed by atoms with Gasteiger partial charge in [0.05, 0.1) is 19.3 Å². The van der Waals surface area contributed by atoms with Crippen molar-refractivity contribution in [3.05, 3.63) is 59.7 Å². The van der Waals surface area contributed by atoms with E-state index in [4.69, 9.17) is 4.74 Å². The van der Waals surface area contributed by atoms with E-state index in [1.54, 1.807) is 0 Å². The molecule has 1 N–H and O–H groups in total. The first-order valence-corrected chi connectivity index (χ1v) is 10.8. The van der Waals surface area contributed by atoms with Crippen molar-refractivity contribution in [1.29, 1.82) is 0 Å². The Kier molecular flexibility index (Phi) is 6.35. The normalized spacial score (nSPS) is 18.4. The molecule has 0 aromatic heterocycles. The third-order valence-corrected chi connectivity index (χ3v) is 5.97. The number of hydrogen-bond donors (Lipinski definition) is 1. The maximum atomic E-state index is 12.7. The van der Waals surface area contributed by atoms with E-state index >= 15 is 0 Å². The largest absolute Gasteiger partial charge is 0.378 e. The molecule has 0 unspecified atom stereocenters. The summed E-state index contributed by atoms with van der Waals surface area (Å²) in [6.07, 6.45) is 3.89. The summed E-state index contributed by atoms with van der Waals surface area (Å²) in [5.74, 6) is -0.0360. The van der Waals surface area contributed by atoms with Crippen LogP contribution in [0, 0.1) is 0 Å². The lowest BCUT2D eigenvalue weighted by molar-refractivity contribution is 0.0940. The lowest BCUT2D eigenvalue weighted by Gasteiger charge is -2.29. The topological polar surface area (TPSA) is 44.8 Å². The molecule has 2 aromatic carbocycles. The Balaban J connectivity index is 1.35. The highest BCUT2D eigenvalue weighted by Crippen LogP contribution is 2.23. The van der Waals surface area contributed by atoms with Gasteiger partial charge in [0.15, 0.2) is 0 Å².